The second-order valence-electron chi connectivity index (χ2n) is 7.51. The number of likely N-dealkylation sites (tertiary alicyclic amines) is 1. The fourth-order valence-corrected chi connectivity index (χ4v) is 5.76. The first-order valence-corrected chi connectivity index (χ1v) is 10.4. The second-order valence-corrected chi connectivity index (χ2v) is 9.73. The second kappa shape index (κ2) is 6.75. The highest BCUT2D eigenvalue weighted by atomic mass is 32.2. The average molecular weight is 330 g/mol. The van der Waals surface area contributed by atoms with E-state index in [9.17, 15) is 8.42 Å². The summed E-state index contributed by atoms with van der Waals surface area (Å²) < 4.78 is 26.3. The van der Waals surface area contributed by atoms with Gasteiger partial charge in [-0.2, -0.15) is 0 Å². The zero-order valence-electron chi connectivity index (χ0n) is 14.0. The van der Waals surface area contributed by atoms with Gasteiger partial charge in [-0.3, -0.25) is 0 Å². The SMILES string of the molecule is C[C@H](NC1CCN(S(=O)(=O)C2CC2)CC1)C1CCN(C)CC1. The highest BCUT2D eigenvalue weighted by Crippen LogP contribution is 2.32. The molecule has 5 nitrogen and oxygen atoms in total. The third-order valence-corrected chi connectivity index (χ3v) is 8.13. The Morgan fingerprint density at radius 2 is 1.55 bits per heavy atom. The topological polar surface area (TPSA) is 52.7 Å². The van der Waals surface area contributed by atoms with Crippen LogP contribution in [0, 0.1) is 5.92 Å². The quantitative estimate of drug-likeness (QED) is 0.825. The molecule has 1 saturated carbocycles. The molecule has 0 bridgehead atoms. The summed E-state index contributed by atoms with van der Waals surface area (Å²) in [5.41, 5.74) is 0. The molecule has 0 aromatic carbocycles. The molecular formula is C16H31N3O2S. The monoisotopic (exact) mass is 329 g/mol. The van der Waals surface area contributed by atoms with Gasteiger partial charge in [0.15, 0.2) is 0 Å². The number of hydrogen-bond acceptors (Lipinski definition) is 4. The van der Waals surface area contributed by atoms with E-state index < -0.39 is 10.0 Å². The van der Waals surface area contributed by atoms with Crippen molar-refractivity contribution in [1.29, 1.82) is 0 Å². The van der Waals surface area contributed by atoms with Gasteiger partial charge in [0, 0.05) is 25.2 Å². The number of sulfonamides is 1. The molecule has 3 fully saturated rings. The predicted octanol–water partition coefficient (Wildman–Crippen LogP) is 1.26. The van der Waals surface area contributed by atoms with E-state index in [0.29, 0.717) is 25.2 Å². The number of hydrogen-bond donors (Lipinski definition) is 1. The molecule has 22 heavy (non-hydrogen) atoms. The summed E-state index contributed by atoms with van der Waals surface area (Å²) in [4.78, 5) is 2.41. The van der Waals surface area contributed by atoms with E-state index in [2.05, 4.69) is 24.2 Å². The lowest BCUT2D eigenvalue weighted by Gasteiger charge is -2.37. The van der Waals surface area contributed by atoms with Gasteiger partial charge in [-0.25, -0.2) is 12.7 Å². The Hall–Kier alpha value is -0.170. The Kier molecular flexibility index (Phi) is 5.12. The zero-order valence-corrected chi connectivity index (χ0v) is 14.8. The molecule has 0 spiro atoms. The van der Waals surface area contributed by atoms with Crippen LogP contribution in [0.25, 0.3) is 0 Å². The molecule has 2 saturated heterocycles. The van der Waals surface area contributed by atoms with Crippen LogP contribution in [0.15, 0.2) is 0 Å². The zero-order chi connectivity index (χ0) is 15.7. The molecule has 2 aliphatic heterocycles. The predicted molar refractivity (Wildman–Crippen MR) is 89.4 cm³/mol. The Labute approximate surface area is 135 Å². The number of nitrogens with one attached hydrogen (secondary N) is 1. The summed E-state index contributed by atoms with van der Waals surface area (Å²) in [6, 6.07) is 1.03. The molecule has 128 valence electrons. The van der Waals surface area contributed by atoms with Crippen molar-refractivity contribution < 1.29 is 8.42 Å². The van der Waals surface area contributed by atoms with Crippen molar-refractivity contribution in [3.8, 4) is 0 Å². The molecule has 3 rings (SSSR count). The summed E-state index contributed by atoms with van der Waals surface area (Å²) >= 11 is 0. The van der Waals surface area contributed by atoms with Gasteiger partial charge in [-0.05, 0) is 71.5 Å². The van der Waals surface area contributed by atoms with Crippen LogP contribution in [-0.2, 0) is 10.0 Å². The highest BCUT2D eigenvalue weighted by molar-refractivity contribution is 7.90. The van der Waals surface area contributed by atoms with E-state index in [-0.39, 0.29) is 5.25 Å². The molecule has 1 aliphatic carbocycles. The molecule has 0 aromatic heterocycles. The fourth-order valence-electron chi connectivity index (χ4n) is 3.89. The Morgan fingerprint density at radius 1 is 0.955 bits per heavy atom. The van der Waals surface area contributed by atoms with Gasteiger partial charge in [0.1, 0.15) is 0 Å². The van der Waals surface area contributed by atoms with Crippen LogP contribution in [0.1, 0.15) is 45.4 Å². The van der Waals surface area contributed by atoms with E-state index >= 15 is 0 Å². The van der Waals surface area contributed by atoms with Gasteiger partial charge in [-0.15, -0.1) is 0 Å². The number of piperidine rings is 2. The standard InChI is InChI=1S/C16H31N3O2S/c1-13(14-5-9-18(2)10-6-14)17-15-7-11-19(12-8-15)22(20,21)16-3-4-16/h13-17H,3-12H2,1-2H3/t13-/m0/s1. The van der Waals surface area contributed by atoms with Crippen molar-refractivity contribution in [2.45, 2.75) is 62.8 Å². The summed E-state index contributed by atoms with van der Waals surface area (Å²) in [5.74, 6) is 0.768. The first-order valence-electron chi connectivity index (χ1n) is 8.90. The fraction of sp³-hybridized carbons (Fsp3) is 1.00. The van der Waals surface area contributed by atoms with Crippen LogP contribution in [-0.4, -0.2) is 68.2 Å². The summed E-state index contributed by atoms with van der Waals surface area (Å²) in [7, 11) is -0.769. The lowest BCUT2D eigenvalue weighted by atomic mass is 9.89. The maximum absolute atomic E-state index is 12.3. The normalized spacial score (nSPS) is 28.8. The molecule has 0 radical (unpaired) electrons. The van der Waals surface area contributed by atoms with Crippen LogP contribution in [0.3, 0.4) is 0 Å². The Bertz CT molecular complexity index is 462. The van der Waals surface area contributed by atoms with E-state index in [1.165, 1.54) is 25.9 Å². The molecule has 0 aromatic rings. The van der Waals surface area contributed by atoms with Gasteiger partial charge in [-0.1, -0.05) is 0 Å². The third kappa shape index (κ3) is 3.83. The number of rotatable bonds is 5. The number of nitrogens with zero attached hydrogens (tertiary/aromatic N) is 2. The molecule has 0 amide bonds. The first-order chi connectivity index (χ1) is 10.5. The maximum Gasteiger partial charge on any atom is 0.216 e. The van der Waals surface area contributed by atoms with Gasteiger partial charge < -0.3 is 10.2 Å². The minimum absolute atomic E-state index is 0.0600. The average Bonchev–Trinajstić information content (AvgIpc) is 3.33. The van der Waals surface area contributed by atoms with E-state index in [4.69, 9.17) is 0 Å². The summed E-state index contributed by atoms with van der Waals surface area (Å²) in [6.07, 6.45) is 6.21. The van der Waals surface area contributed by atoms with Crippen LogP contribution in [0.5, 0.6) is 0 Å². The van der Waals surface area contributed by atoms with Crippen molar-refractivity contribution >= 4 is 10.0 Å². The van der Waals surface area contributed by atoms with E-state index in [1.54, 1.807) is 4.31 Å². The molecular weight excluding hydrogens is 298 g/mol. The molecule has 6 heteroatoms. The smallest absolute Gasteiger partial charge is 0.216 e. The van der Waals surface area contributed by atoms with Gasteiger partial charge in [0.2, 0.25) is 10.0 Å². The summed E-state index contributed by atoms with van der Waals surface area (Å²) in [6.45, 7) is 6.13. The lowest BCUT2D eigenvalue weighted by Crippen LogP contribution is -2.50. The van der Waals surface area contributed by atoms with Crippen molar-refractivity contribution in [1.82, 2.24) is 14.5 Å². The van der Waals surface area contributed by atoms with Gasteiger partial charge in [0.05, 0.1) is 5.25 Å². The Morgan fingerprint density at radius 3 is 2.09 bits per heavy atom. The van der Waals surface area contributed by atoms with Crippen molar-refractivity contribution in [2.75, 3.05) is 33.2 Å². The van der Waals surface area contributed by atoms with Gasteiger partial charge >= 0.3 is 0 Å². The molecule has 0 unspecified atom stereocenters. The molecule has 3 aliphatic rings. The van der Waals surface area contributed by atoms with E-state index in [1.807, 2.05) is 0 Å². The largest absolute Gasteiger partial charge is 0.311 e. The van der Waals surface area contributed by atoms with Crippen molar-refractivity contribution in [3.63, 3.8) is 0 Å². The van der Waals surface area contributed by atoms with Gasteiger partial charge in [0.25, 0.3) is 0 Å². The van der Waals surface area contributed by atoms with Crippen LogP contribution in [0.2, 0.25) is 0 Å². The maximum atomic E-state index is 12.3. The van der Waals surface area contributed by atoms with Crippen LogP contribution in [0.4, 0.5) is 0 Å². The van der Waals surface area contributed by atoms with Crippen molar-refractivity contribution in [3.05, 3.63) is 0 Å². The van der Waals surface area contributed by atoms with E-state index in [0.717, 1.165) is 31.6 Å². The molecule has 1 N–H and O–H groups in total. The Balaban J connectivity index is 1.43. The molecule has 1 atom stereocenters. The first kappa shape index (κ1) is 16.7. The van der Waals surface area contributed by atoms with Crippen LogP contribution >= 0.6 is 0 Å². The molecule has 2 heterocycles. The minimum Gasteiger partial charge on any atom is -0.311 e. The lowest BCUT2D eigenvalue weighted by molar-refractivity contribution is 0.174. The summed E-state index contributed by atoms with van der Waals surface area (Å²) in [5, 5.41) is 3.72. The third-order valence-electron chi connectivity index (χ3n) is 5.73. The van der Waals surface area contributed by atoms with Crippen molar-refractivity contribution in [2.24, 2.45) is 5.92 Å². The van der Waals surface area contributed by atoms with Crippen LogP contribution < -0.4 is 5.32 Å². The minimum atomic E-state index is -2.97. The highest BCUT2D eigenvalue weighted by Gasteiger charge is 2.41.